The van der Waals surface area contributed by atoms with Crippen LogP contribution >= 0.6 is 0 Å². The SMILES string of the molecule is CC1(C)CC2C(C(=O)Nc3cnn(Cc4ccccc4)c3)=NNC2CCO1. The quantitative estimate of drug-likeness (QED) is 0.870. The van der Waals surface area contributed by atoms with Crippen molar-refractivity contribution in [1.82, 2.24) is 15.2 Å². The minimum atomic E-state index is -0.257. The molecule has 0 aliphatic carbocycles. The first kappa shape index (κ1) is 17.7. The fraction of sp³-hybridized carbons (Fsp3) is 0.450. The summed E-state index contributed by atoms with van der Waals surface area (Å²) in [7, 11) is 0. The van der Waals surface area contributed by atoms with E-state index < -0.39 is 0 Å². The van der Waals surface area contributed by atoms with E-state index in [1.807, 2.05) is 29.1 Å². The molecule has 0 bridgehead atoms. The van der Waals surface area contributed by atoms with E-state index in [0.717, 1.165) is 18.4 Å². The van der Waals surface area contributed by atoms with Crippen LogP contribution in [0.15, 0.2) is 47.8 Å². The molecule has 1 aromatic heterocycles. The fourth-order valence-electron chi connectivity index (χ4n) is 3.77. The maximum atomic E-state index is 12.8. The number of carbonyl (C=O) groups excluding carboxylic acids is 1. The van der Waals surface area contributed by atoms with Gasteiger partial charge in [-0.2, -0.15) is 10.2 Å². The summed E-state index contributed by atoms with van der Waals surface area (Å²) in [5.74, 6) is -0.117. The predicted molar refractivity (Wildman–Crippen MR) is 104 cm³/mol. The smallest absolute Gasteiger partial charge is 0.272 e. The predicted octanol–water partition coefficient (Wildman–Crippen LogP) is 2.40. The number of carbonyl (C=O) groups is 1. The zero-order valence-electron chi connectivity index (χ0n) is 15.7. The van der Waals surface area contributed by atoms with E-state index in [1.165, 1.54) is 0 Å². The van der Waals surface area contributed by atoms with Gasteiger partial charge >= 0.3 is 0 Å². The van der Waals surface area contributed by atoms with Crippen LogP contribution in [0.5, 0.6) is 0 Å². The van der Waals surface area contributed by atoms with E-state index in [2.05, 4.69) is 46.9 Å². The minimum absolute atomic E-state index is 0.0573. The molecule has 7 heteroatoms. The molecular formula is C20H25N5O2. The van der Waals surface area contributed by atoms with Gasteiger partial charge in [0, 0.05) is 18.7 Å². The number of ether oxygens (including phenoxy) is 1. The Balaban J connectivity index is 1.42. The van der Waals surface area contributed by atoms with Gasteiger partial charge in [-0.05, 0) is 32.3 Å². The normalized spacial score (nSPS) is 23.7. The lowest BCUT2D eigenvalue weighted by Crippen LogP contribution is -2.37. The van der Waals surface area contributed by atoms with E-state index in [4.69, 9.17) is 4.74 Å². The van der Waals surface area contributed by atoms with Crippen molar-refractivity contribution in [1.29, 1.82) is 0 Å². The number of fused-ring (bicyclic) bond motifs is 1. The molecule has 0 radical (unpaired) electrons. The number of benzene rings is 1. The van der Waals surface area contributed by atoms with Gasteiger partial charge in [-0.3, -0.25) is 9.48 Å². The zero-order chi connectivity index (χ0) is 18.9. The largest absolute Gasteiger partial charge is 0.375 e. The summed E-state index contributed by atoms with van der Waals surface area (Å²) >= 11 is 0. The molecule has 2 atom stereocenters. The van der Waals surface area contributed by atoms with Crippen molar-refractivity contribution in [2.24, 2.45) is 11.0 Å². The molecule has 0 saturated carbocycles. The first-order valence-corrected chi connectivity index (χ1v) is 9.35. The highest BCUT2D eigenvalue weighted by Gasteiger charge is 2.41. The molecule has 27 heavy (non-hydrogen) atoms. The van der Waals surface area contributed by atoms with Gasteiger partial charge < -0.3 is 15.5 Å². The third-order valence-electron chi connectivity index (χ3n) is 5.13. The van der Waals surface area contributed by atoms with E-state index in [0.29, 0.717) is 24.6 Å². The Morgan fingerprint density at radius 2 is 2.19 bits per heavy atom. The maximum Gasteiger partial charge on any atom is 0.272 e. The van der Waals surface area contributed by atoms with Crippen LogP contribution < -0.4 is 10.7 Å². The number of anilines is 1. The minimum Gasteiger partial charge on any atom is -0.375 e. The summed E-state index contributed by atoms with van der Waals surface area (Å²) in [4.78, 5) is 12.8. The van der Waals surface area contributed by atoms with Crippen LogP contribution in [0.1, 0.15) is 32.3 Å². The average Bonchev–Trinajstić information content (AvgIpc) is 3.19. The highest BCUT2D eigenvalue weighted by molar-refractivity contribution is 6.44. The molecule has 1 saturated heterocycles. The molecule has 1 amide bonds. The van der Waals surface area contributed by atoms with Crippen molar-refractivity contribution in [3.05, 3.63) is 48.3 Å². The Bertz CT molecular complexity index is 843. The molecule has 2 aromatic rings. The van der Waals surface area contributed by atoms with Gasteiger partial charge in [0.1, 0.15) is 5.71 Å². The van der Waals surface area contributed by atoms with E-state index in [1.54, 1.807) is 6.20 Å². The van der Waals surface area contributed by atoms with E-state index in [-0.39, 0.29) is 23.5 Å². The van der Waals surface area contributed by atoms with Crippen LogP contribution in [0.2, 0.25) is 0 Å². The van der Waals surface area contributed by atoms with E-state index >= 15 is 0 Å². The molecule has 142 valence electrons. The Hall–Kier alpha value is -2.67. The molecule has 2 N–H and O–H groups in total. The van der Waals surface area contributed by atoms with Gasteiger partial charge in [0.15, 0.2) is 0 Å². The van der Waals surface area contributed by atoms with Gasteiger partial charge in [-0.15, -0.1) is 0 Å². The third-order valence-corrected chi connectivity index (χ3v) is 5.13. The lowest BCUT2D eigenvalue weighted by atomic mass is 9.85. The Morgan fingerprint density at radius 3 is 3.00 bits per heavy atom. The van der Waals surface area contributed by atoms with Crippen molar-refractivity contribution < 1.29 is 9.53 Å². The highest BCUT2D eigenvalue weighted by atomic mass is 16.5. The Morgan fingerprint density at radius 1 is 1.37 bits per heavy atom. The van der Waals surface area contributed by atoms with Crippen molar-refractivity contribution in [3.63, 3.8) is 0 Å². The molecule has 2 unspecified atom stereocenters. The number of hydrogen-bond acceptors (Lipinski definition) is 5. The second kappa shape index (κ2) is 7.15. The van der Waals surface area contributed by atoms with Gasteiger partial charge in [-0.1, -0.05) is 30.3 Å². The van der Waals surface area contributed by atoms with Crippen molar-refractivity contribution in [3.8, 4) is 0 Å². The lowest BCUT2D eigenvalue weighted by Gasteiger charge is -2.26. The number of hydrogen-bond donors (Lipinski definition) is 2. The van der Waals surface area contributed by atoms with Gasteiger partial charge in [-0.25, -0.2) is 0 Å². The van der Waals surface area contributed by atoms with Gasteiger partial charge in [0.05, 0.1) is 30.1 Å². The summed E-state index contributed by atoms with van der Waals surface area (Å²) in [5.41, 5.74) is 5.24. The molecule has 4 rings (SSSR count). The average molecular weight is 367 g/mol. The van der Waals surface area contributed by atoms with Crippen molar-refractivity contribution in [2.75, 3.05) is 11.9 Å². The lowest BCUT2D eigenvalue weighted by molar-refractivity contribution is -0.110. The summed E-state index contributed by atoms with van der Waals surface area (Å²) in [5, 5.41) is 11.6. The first-order valence-electron chi connectivity index (χ1n) is 9.35. The number of aromatic nitrogens is 2. The second-order valence-electron chi connectivity index (χ2n) is 7.81. The summed E-state index contributed by atoms with van der Waals surface area (Å²) in [6, 6.07) is 10.3. The summed E-state index contributed by atoms with van der Waals surface area (Å²) in [6.45, 7) is 5.47. The molecule has 1 fully saturated rings. The topological polar surface area (TPSA) is 80.5 Å². The second-order valence-corrected chi connectivity index (χ2v) is 7.81. The number of nitrogens with one attached hydrogen (secondary N) is 2. The van der Waals surface area contributed by atoms with Crippen LogP contribution in [-0.2, 0) is 16.1 Å². The van der Waals surface area contributed by atoms with Gasteiger partial charge in [0.2, 0.25) is 0 Å². The maximum absolute atomic E-state index is 12.8. The monoisotopic (exact) mass is 367 g/mol. The van der Waals surface area contributed by atoms with Crippen LogP contribution in [0, 0.1) is 5.92 Å². The number of amides is 1. The Kier molecular flexibility index (Phi) is 4.70. The number of nitrogens with zero attached hydrogens (tertiary/aromatic N) is 3. The number of rotatable bonds is 4. The molecular weight excluding hydrogens is 342 g/mol. The van der Waals surface area contributed by atoms with Crippen LogP contribution in [0.25, 0.3) is 0 Å². The fourth-order valence-corrected chi connectivity index (χ4v) is 3.77. The van der Waals surface area contributed by atoms with Gasteiger partial charge in [0.25, 0.3) is 5.91 Å². The summed E-state index contributed by atoms with van der Waals surface area (Å²) in [6.07, 6.45) is 5.13. The van der Waals surface area contributed by atoms with Crippen LogP contribution in [0.4, 0.5) is 5.69 Å². The highest BCUT2D eigenvalue weighted by Crippen LogP contribution is 2.32. The zero-order valence-corrected chi connectivity index (χ0v) is 15.7. The standard InChI is InChI=1S/C20H25N5O2/c1-20(2)10-16-17(8-9-27-20)23-24-18(16)19(26)22-15-11-21-25(13-15)12-14-6-4-3-5-7-14/h3-7,11,13,16-17,23H,8-10,12H2,1-2H3,(H,22,26). The third kappa shape index (κ3) is 4.03. The molecule has 2 aliphatic rings. The van der Waals surface area contributed by atoms with Crippen molar-refractivity contribution >= 4 is 17.3 Å². The van der Waals surface area contributed by atoms with Crippen LogP contribution in [0.3, 0.4) is 0 Å². The van der Waals surface area contributed by atoms with Crippen LogP contribution in [-0.4, -0.2) is 39.6 Å². The molecule has 3 heterocycles. The Labute approximate surface area is 158 Å². The van der Waals surface area contributed by atoms with E-state index in [9.17, 15) is 4.79 Å². The first-order chi connectivity index (χ1) is 13.0. The molecule has 7 nitrogen and oxygen atoms in total. The molecule has 0 spiro atoms. The molecule has 2 aliphatic heterocycles. The molecule has 1 aromatic carbocycles. The van der Waals surface area contributed by atoms with Crippen molar-refractivity contribution in [2.45, 2.75) is 44.9 Å². The summed E-state index contributed by atoms with van der Waals surface area (Å²) < 4.78 is 7.70. The number of hydrazone groups is 1.